The molecule has 0 aromatic heterocycles. The summed E-state index contributed by atoms with van der Waals surface area (Å²) >= 11 is 9.99. The zero-order valence-electron chi connectivity index (χ0n) is 3.65. The van der Waals surface area contributed by atoms with E-state index in [1.165, 1.54) is 6.92 Å². The molecule has 0 saturated carbocycles. The Balaban J connectivity index is 3.13. The molecule has 5 heteroatoms. The van der Waals surface area contributed by atoms with Crippen molar-refractivity contribution in [3.05, 3.63) is 0 Å². The summed E-state index contributed by atoms with van der Waals surface area (Å²) in [4.78, 5) is 9.86. The van der Waals surface area contributed by atoms with Crippen molar-refractivity contribution in [2.75, 3.05) is 0 Å². The first-order chi connectivity index (χ1) is 3.13. The number of carbonyl (C=O) groups excluding carboxylic acids is 1. The molecule has 0 rings (SSSR count). The zero-order valence-corrected chi connectivity index (χ0v) is 5.16. The third-order valence-corrected chi connectivity index (χ3v) is 0.433. The van der Waals surface area contributed by atoms with E-state index in [0.29, 0.717) is 0 Å². The number of rotatable bonds is 1. The highest BCUT2D eigenvalue weighted by molar-refractivity contribution is 7.31. The van der Waals surface area contributed by atoms with E-state index < -0.39 is 11.7 Å². The summed E-state index contributed by atoms with van der Waals surface area (Å²) in [7, 11) is 0. The summed E-state index contributed by atoms with van der Waals surface area (Å²) < 4.78 is 4.14. The lowest BCUT2D eigenvalue weighted by Crippen LogP contribution is -2.06. The molecular formula is C2H3BCl2O2. The van der Waals surface area contributed by atoms with E-state index in [1.807, 2.05) is 0 Å². The van der Waals surface area contributed by atoms with Gasteiger partial charge < -0.3 is 4.65 Å². The van der Waals surface area contributed by atoms with Crippen LogP contribution in [0.4, 0.5) is 0 Å². The molecule has 0 bridgehead atoms. The predicted molar refractivity (Wildman–Crippen MR) is 29.2 cm³/mol. The van der Waals surface area contributed by atoms with Crippen molar-refractivity contribution >= 4 is 34.6 Å². The Morgan fingerprint density at radius 2 is 2.14 bits per heavy atom. The highest BCUT2D eigenvalue weighted by Gasteiger charge is 2.09. The molecule has 0 heterocycles. The molecule has 40 valence electrons. The minimum atomic E-state index is -1.03. The summed E-state index contributed by atoms with van der Waals surface area (Å²) in [6, 6.07) is 0. The van der Waals surface area contributed by atoms with Crippen molar-refractivity contribution in [3.63, 3.8) is 0 Å². The molecule has 0 aliphatic rings. The molecule has 0 amide bonds. The second-order valence-electron chi connectivity index (χ2n) is 0.870. The first-order valence-corrected chi connectivity index (χ1v) is 2.45. The number of hydrogen-bond acceptors (Lipinski definition) is 2. The lowest BCUT2D eigenvalue weighted by molar-refractivity contribution is -0.131. The quantitative estimate of drug-likeness (QED) is 0.509. The molecule has 0 fully saturated rings. The van der Waals surface area contributed by atoms with Crippen molar-refractivity contribution in [1.29, 1.82) is 0 Å². The first-order valence-electron chi connectivity index (χ1n) is 1.58. The van der Waals surface area contributed by atoms with Crippen molar-refractivity contribution < 1.29 is 9.45 Å². The fourth-order valence-electron chi connectivity index (χ4n) is 0.125. The van der Waals surface area contributed by atoms with Gasteiger partial charge in [0.2, 0.25) is 0 Å². The van der Waals surface area contributed by atoms with Crippen LogP contribution in [0.2, 0.25) is 0 Å². The fourth-order valence-corrected chi connectivity index (χ4v) is 0.376. The molecule has 0 unspecified atom stereocenters. The standard InChI is InChI=1S/C2H3BCl2O2/c1-2(6)7-3(4)5/h1H3. The average molecular weight is 141 g/mol. The molecule has 0 aromatic rings. The van der Waals surface area contributed by atoms with Crippen LogP contribution < -0.4 is 0 Å². The Bertz CT molecular complexity index is 74.1. The van der Waals surface area contributed by atoms with E-state index in [2.05, 4.69) is 4.65 Å². The largest absolute Gasteiger partial charge is 0.578 e. The number of carbonyl (C=O) groups is 1. The minimum absolute atomic E-state index is 0.477. The molecule has 0 atom stereocenters. The van der Waals surface area contributed by atoms with E-state index in [1.54, 1.807) is 0 Å². The third-order valence-electron chi connectivity index (χ3n) is 0.255. The van der Waals surface area contributed by atoms with Crippen LogP contribution in [0, 0.1) is 0 Å². The van der Waals surface area contributed by atoms with Crippen LogP contribution in [-0.2, 0) is 9.45 Å². The summed E-state index contributed by atoms with van der Waals surface area (Å²) in [5.74, 6) is -1.51. The summed E-state index contributed by atoms with van der Waals surface area (Å²) in [5.41, 5.74) is 0. The molecule has 0 N–H and O–H groups in total. The molecule has 0 saturated heterocycles. The van der Waals surface area contributed by atoms with Crippen LogP contribution in [-0.4, -0.2) is 11.7 Å². The molecular weight excluding hydrogens is 138 g/mol. The maximum atomic E-state index is 9.86. The van der Waals surface area contributed by atoms with Gasteiger partial charge >= 0.3 is 5.75 Å². The van der Waals surface area contributed by atoms with Crippen molar-refractivity contribution in [3.8, 4) is 0 Å². The van der Waals surface area contributed by atoms with Gasteiger partial charge in [0, 0.05) is 6.92 Å². The SMILES string of the molecule is CC(=O)OB(Cl)Cl. The first kappa shape index (κ1) is 7.11. The summed E-state index contributed by atoms with van der Waals surface area (Å²) in [6.45, 7) is 1.23. The third kappa shape index (κ3) is 6.11. The van der Waals surface area contributed by atoms with Gasteiger partial charge in [-0.15, -0.1) is 22.9 Å². The Morgan fingerprint density at radius 3 is 2.14 bits per heavy atom. The fraction of sp³-hybridized carbons (Fsp3) is 0.500. The second kappa shape index (κ2) is 3.16. The average Bonchev–Trinajstić information content (AvgIpc) is 1.27. The van der Waals surface area contributed by atoms with E-state index in [4.69, 9.17) is 22.9 Å². The second-order valence-corrected chi connectivity index (χ2v) is 1.89. The highest BCUT2D eigenvalue weighted by Crippen LogP contribution is 1.96. The van der Waals surface area contributed by atoms with E-state index >= 15 is 0 Å². The van der Waals surface area contributed by atoms with Gasteiger partial charge in [-0.1, -0.05) is 0 Å². The van der Waals surface area contributed by atoms with E-state index in [-0.39, 0.29) is 0 Å². The van der Waals surface area contributed by atoms with Gasteiger partial charge in [0.05, 0.1) is 0 Å². The molecule has 0 aromatic carbocycles. The van der Waals surface area contributed by atoms with Crippen LogP contribution in [0.5, 0.6) is 0 Å². The van der Waals surface area contributed by atoms with Crippen molar-refractivity contribution in [2.24, 2.45) is 0 Å². The van der Waals surface area contributed by atoms with Crippen LogP contribution in [0.1, 0.15) is 6.92 Å². The monoisotopic (exact) mass is 140 g/mol. The molecule has 2 nitrogen and oxygen atoms in total. The molecule has 0 spiro atoms. The Morgan fingerprint density at radius 1 is 1.71 bits per heavy atom. The topological polar surface area (TPSA) is 26.3 Å². The Hall–Kier alpha value is 0.115. The number of halogens is 2. The summed E-state index contributed by atoms with van der Waals surface area (Å²) in [5, 5.41) is 0. The van der Waals surface area contributed by atoms with Gasteiger partial charge in [-0.05, 0) is 0 Å². The van der Waals surface area contributed by atoms with E-state index in [9.17, 15) is 4.79 Å². The lowest BCUT2D eigenvalue weighted by Gasteiger charge is -1.93. The van der Waals surface area contributed by atoms with Crippen molar-refractivity contribution in [1.82, 2.24) is 0 Å². The predicted octanol–water partition coefficient (Wildman–Crippen LogP) is 1.01. The van der Waals surface area contributed by atoms with Crippen molar-refractivity contribution in [2.45, 2.75) is 6.92 Å². The van der Waals surface area contributed by atoms with Gasteiger partial charge in [0.25, 0.3) is 5.97 Å². The lowest BCUT2D eigenvalue weighted by atomic mass is 10.5. The zero-order chi connectivity index (χ0) is 5.86. The maximum Gasteiger partial charge on any atom is 0.578 e. The smallest absolute Gasteiger partial charge is 0.508 e. The van der Waals surface area contributed by atoms with Gasteiger partial charge in [-0.2, -0.15) is 0 Å². The van der Waals surface area contributed by atoms with Crippen LogP contribution in [0.25, 0.3) is 0 Å². The van der Waals surface area contributed by atoms with Gasteiger partial charge in [0.1, 0.15) is 0 Å². The molecule has 0 aliphatic heterocycles. The van der Waals surface area contributed by atoms with Gasteiger partial charge in [-0.25, -0.2) is 0 Å². The maximum absolute atomic E-state index is 9.86. The number of hydrogen-bond donors (Lipinski definition) is 0. The molecule has 7 heavy (non-hydrogen) atoms. The van der Waals surface area contributed by atoms with Gasteiger partial charge in [-0.3, -0.25) is 4.79 Å². The van der Waals surface area contributed by atoms with Crippen LogP contribution in [0.15, 0.2) is 0 Å². The normalized spacial score (nSPS) is 7.86. The Labute approximate surface area is 51.7 Å². The highest BCUT2D eigenvalue weighted by atomic mass is 35.5. The minimum Gasteiger partial charge on any atom is -0.508 e. The molecule has 0 radical (unpaired) electrons. The van der Waals surface area contributed by atoms with Crippen LogP contribution in [0.3, 0.4) is 0 Å². The Kier molecular flexibility index (Phi) is 3.21. The van der Waals surface area contributed by atoms with E-state index in [0.717, 1.165) is 0 Å². The molecule has 0 aliphatic carbocycles. The van der Waals surface area contributed by atoms with Crippen LogP contribution >= 0.6 is 22.9 Å². The summed E-state index contributed by atoms with van der Waals surface area (Å²) in [6.07, 6.45) is 0. The van der Waals surface area contributed by atoms with Gasteiger partial charge in [0.15, 0.2) is 0 Å².